The molecular weight excluding hydrogens is 745 g/mol. The molecule has 0 fully saturated rings. The molecule has 0 rings (SSSR count). The van der Waals surface area contributed by atoms with Crippen LogP contribution in [0.4, 0.5) is 0 Å². The molecule has 0 bridgehead atoms. The van der Waals surface area contributed by atoms with Gasteiger partial charge in [0.2, 0.25) is 0 Å². The van der Waals surface area contributed by atoms with Crippen molar-refractivity contribution in [3.63, 3.8) is 0 Å². The zero-order chi connectivity index (χ0) is 44.0. The van der Waals surface area contributed by atoms with Gasteiger partial charge in [-0.15, -0.1) is 0 Å². The van der Waals surface area contributed by atoms with Crippen molar-refractivity contribution in [2.75, 3.05) is 13.2 Å². The minimum Gasteiger partial charge on any atom is -0.462 e. The van der Waals surface area contributed by atoms with Crippen LogP contribution in [0, 0.1) is 11.8 Å². The predicted molar refractivity (Wildman–Crippen MR) is 256 cm³/mol. The molecule has 0 aromatic rings. The summed E-state index contributed by atoms with van der Waals surface area (Å²) in [4.78, 5) is 38.0. The van der Waals surface area contributed by atoms with Gasteiger partial charge in [0.25, 0.3) is 0 Å². The van der Waals surface area contributed by atoms with E-state index < -0.39 is 6.10 Å². The topological polar surface area (TPSA) is 78.9 Å². The van der Waals surface area contributed by atoms with Gasteiger partial charge in [0.1, 0.15) is 13.2 Å². The SMILES string of the molecule is CCCCCCCCCCCCCCCCCCCCC(=O)O[C@H](COC(=O)CCCCCCCCCCCC(C)C)COC(=O)CCCCCCCCCCC(C)CC. The van der Waals surface area contributed by atoms with E-state index >= 15 is 0 Å². The Morgan fingerprint density at radius 1 is 0.350 bits per heavy atom. The molecule has 0 heterocycles. The fraction of sp³-hybridized carbons (Fsp3) is 0.944. The van der Waals surface area contributed by atoms with Crippen LogP contribution >= 0.6 is 0 Å². The lowest BCUT2D eigenvalue weighted by molar-refractivity contribution is -0.167. The lowest BCUT2D eigenvalue weighted by Gasteiger charge is -2.18. The first-order chi connectivity index (χ1) is 29.3. The number of rotatable bonds is 48. The summed E-state index contributed by atoms with van der Waals surface area (Å²) in [5.41, 5.74) is 0. The molecule has 0 aliphatic rings. The molecule has 1 unspecified atom stereocenters. The molecule has 6 heteroatoms. The Hall–Kier alpha value is -1.59. The van der Waals surface area contributed by atoms with Gasteiger partial charge in [-0.3, -0.25) is 14.4 Å². The number of esters is 3. The Balaban J connectivity index is 4.29. The lowest BCUT2D eigenvalue weighted by Crippen LogP contribution is -2.30. The third kappa shape index (κ3) is 45.9. The maximum Gasteiger partial charge on any atom is 0.306 e. The van der Waals surface area contributed by atoms with E-state index in [-0.39, 0.29) is 31.1 Å². The third-order valence-corrected chi connectivity index (χ3v) is 12.6. The second kappa shape index (κ2) is 46.9. The molecule has 0 saturated carbocycles. The molecule has 0 aromatic heterocycles. The van der Waals surface area contributed by atoms with Gasteiger partial charge in [0, 0.05) is 19.3 Å². The molecule has 0 aromatic carbocycles. The van der Waals surface area contributed by atoms with E-state index in [1.807, 2.05) is 0 Å². The van der Waals surface area contributed by atoms with Gasteiger partial charge in [0.15, 0.2) is 6.10 Å². The summed E-state index contributed by atoms with van der Waals surface area (Å²) in [7, 11) is 0. The molecule has 0 amide bonds. The van der Waals surface area contributed by atoms with Gasteiger partial charge in [-0.05, 0) is 31.1 Å². The molecule has 0 aliphatic heterocycles. The Labute approximate surface area is 374 Å². The number of hydrogen-bond donors (Lipinski definition) is 0. The van der Waals surface area contributed by atoms with Gasteiger partial charge >= 0.3 is 17.9 Å². The van der Waals surface area contributed by atoms with Crippen LogP contribution in [0.25, 0.3) is 0 Å². The molecule has 60 heavy (non-hydrogen) atoms. The number of carbonyl (C=O) groups excluding carboxylic acids is 3. The quantitative estimate of drug-likeness (QED) is 0.0345. The number of hydrogen-bond acceptors (Lipinski definition) is 6. The lowest BCUT2D eigenvalue weighted by atomic mass is 9.99. The van der Waals surface area contributed by atoms with Crippen LogP contribution in [0.1, 0.15) is 298 Å². The summed E-state index contributed by atoms with van der Waals surface area (Å²) in [5, 5.41) is 0. The highest BCUT2D eigenvalue weighted by atomic mass is 16.6. The summed E-state index contributed by atoms with van der Waals surface area (Å²) < 4.78 is 16.8. The maximum absolute atomic E-state index is 12.8. The van der Waals surface area contributed by atoms with Crippen molar-refractivity contribution in [2.45, 2.75) is 304 Å². The van der Waals surface area contributed by atoms with Crippen molar-refractivity contribution in [3.05, 3.63) is 0 Å². The molecule has 0 saturated heterocycles. The summed E-state index contributed by atoms with van der Waals surface area (Å²) in [6, 6.07) is 0. The first-order valence-electron chi connectivity index (χ1n) is 26.8. The average molecular weight is 849 g/mol. The fourth-order valence-electron chi connectivity index (χ4n) is 8.13. The van der Waals surface area contributed by atoms with Crippen molar-refractivity contribution in [2.24, 2.45) is 11.8 Å². The number of unbranched alkanes of at least 4 members (excludes halogenated alkanes) is 32. The van der Waals surface area contributed by atoms with Gasteiger partial charge < -0.3 is 14.2 Å². The third-order valence-electron chi connectivity index (χ3n) is 12.6. The Bertz CT molecular complexity index is 918. The Kier molecular flexibility index (Phi) is 45.7. The van der Waals surface area contributed by atoms with Gasteiger partial charge in [-0.2, -0.15) is 0 Å². The minimum atomic E-state index is -0.762. The monoisotopic (exact) mass is 849 g/mol. The van der Waals surface area contributed by atoms with E-state index in [2.05, 4.69) is 34.6 Å². The highest BCUT2D eigenvalue weighted by molar-refractivity contribution is 5.71. The predicted octanol–water partition coefficient (Wildman–Crippen LogP) is 17.3. The van der Waals surface area contributed by atoms with E-state index in [0.717, 1.165) is 69.6 Å². The smallest absolute Gasteiger partial charge is 0.306 e. The van der Waals surface area contributed by atoms with Gasteiger partial charge in [-0.25, -0.2) is 0 Å². The van der Waals surface area contributed by atoms with Crippen LogP contribution in [-0.2, 0) is 28.6 Å². The fourth-order valence-corrected chi connectivity index (χ4v) is 8.13. The molecule has 0 N–H and O–H groups in total. The van der Waals surface area contributed by atoms with Crippen molar-refractivity contribution in [1.29, 1.82) is 0 Å². The average Bonchev–Trinajstić information content (AvgIpc) is 3.23. The van der Waals surface area contributed by atoms with Crippen molar-refractivity contribution in [1.82, 2.24) is 0 Å². The zero-order valence-corrected chi connectivity index (χ0v) is 41.1. The molecule has 6 nitrogen and oxygen atoms in total. The summed E-state index contributed by atoms with van der Waals surface area (Å²) >= 11 is 0. The van der Waals surface area contributed by atoms with E-state index in [1.165, 1.54) is 186 Å². The number of ether oxygens (including phenoxy) is 3. The second-order valence-corrected chi connectivity index (χ2v) is 19.2. The molecule has 0 spiro atoms. The highest BCUT2D eigenvalue weighted by Gasteiger charge is 2.19. The van der Waals surface area contributed by atoms with Crippen molar-refractivity contribution in [3.8, 4) is 0 Å². The molecule has 0 radical (unpaired) electrons. The molecule has 0 aliphatic carbocycles. The summed E-state index contributed by atoms with van der Waals surface area (Å²) in [6.07, 6.45) is 48.0. The van der Waals surface area contributed by atoms with E-state index in [9.17, 15) is 14.4 Å². The van der Waals surface area contributed by atoms with E-state index in [1.54, 1.807) is 0 Å². The van der Waals surface area contributed by atoms with Gasteiger partial charge in [0.05, 0.1) is 0 Å². The molecule has 356 valence electrons. The summed E-state index contributed by atoms with van der Waals surface area (Å²) in [5.74, 6) is 0.807. The Morgan fingerprint density at radius 2 is 0.633 bits per heavy atom. The second-order valence-electron chi connectivity index (χ2n) is 19.2. The van der Waals surface area contributed by atoms with Crippen LogP contribution in [0.15, 0.2) is 0 Å². The minimum absolute atomic E-state index is 0.0643. The van der Waals surface area contributed by atoms with Gasteiger partial charge in [-0.1, -0.05) is 259 Å². The molecular formula is C54H104O6. The van der Waals surface area contributed by atoms with E-state index in [4.69, 9.17) is 14.2 Å². The first-order valence-corrected chi connectivity index (χ1v) is 26.8. The number of carbonyl (C=O) groups is 3. The standard InChI is InChI=1S/C54H104O6/c1-6-8-9-10-11-12-13-14-15-16-17-18-19-20-23-31-36-41-46-54(57)60-51(47-58-52(55)44-39-34-29-24-21-22-27-32-37-42-49(3)4)48-59-53(56)45-40-35-30-26-25-28-33-38-43-50(5)7-2/h49-51H,6-48H2,1-5H3/t50?,51-/m1/s1. The van der Waals surface area contributed by atoms with E-state index in [0.29, 0.717) is 19.3 Å². The maximum atomic E-state index is 12.8. The van der Waals surface area contributed by atoms with Crippen LogP contribution < -0.4 is 0 Å². The molecule has 2 atom stereocenters. The Morgan fingerprint density at radius 3 is 0.950 bits per heavy atom. The largest absolute Gasteiger partial charge is 0.462 e. The first kappa shape index (κ1) is 58.4. The normalized spacial score (nSPS) is 12.5. The van der Waals surface area contributed by atoms with Crippen molar-refractivity contribution < 1.29 is 28.6 Å². The van der Waals surface area contributed by atoms with Crippen LogP contribution in [-0.4, -0.2) is 37.2 Å². The van der Waals surface area contributed by atoms with Crippen LogP contribution in [0.5, 0.6) is 0 Å². The van der Waals surface area contributed by atoms with Crippen LogP contribution in [0.3, 0.4) is 0 Å². The van der Waals surface area contributed by atoms with Crippen LogP contribution in [0.2, 0.25) is 0 Å². The zero-order valence-electron chi connectivity index (χ0n) is 41.1. The van der Waals surface area contributed by atoms with Crippen molar-refractivity contribution >= 4 is 17.9 Å². The highest BCUT2D eigenvalue weighted by Crippen LogP contribution is 2.18. The summed E-state index contributed by atoms with van der Waals surface area (Å²) in [6.45, 7) is 11.4.